The molecule has 0 spiro atoms. The van der Waals surface area contributed by atoms with Gasteiger partial charge in [0.1, 0.15) is 11.4 Å². The second kappa shape index (κ2) is 10.3. The minimum absolute atomic E-state index is 0.114. The summed E-state index contributed by atoms with van der Waals surface area (Å²) in [6.07, 6.45) is 5.01. The second-order valence-electron chi connectivity index (χ2n) is 9.44. The third-order valence-corrected chi connectivity index (χ3v) is 6.26. The van der Waals surface area contributed by atoms with Crippen LogP contribution in [0.2, 0.25) is 0 Å². The molecule has 0 aliphatic heterocycles. The Morgan fingerprint density at radius 1 is 1.29 bits per heavy atom. The Hall–Kier alpha value is -3.30. The molecule has 3 aromatic heterocycles. The first-order valence-corrected chi connectivity index (χ1v) is 11.9. The Kier molecular flexibility index (Phi) is 7.23. The normalized spacial score (nSPS) is 18.4. The fraction of sp³-hybridized carbons (Fsp3) is 0.583. The molecule has 1 aliphatic rings. The summed E-state index contributed by atoms with van der Waals surface area (Å²) < 4.78 is 13.2. The van der Waals surface area contributed by atoms with E-state index in [1.54, 1.807) is 4.68 Å². The van der Waals surface area contributed by atoms with Crippen molar-refractivity contribution in [2.75, 3.05) is 0 Å². The minimum atomic E-state index is -0.748. The van der Waals surface area contributed by atoms with Crippen molar-refractivity contribution in [1.82, 2.24) is 30.1 Å². The van der Waals surface area contributed by atoms with Crippen LogP contribution in [-0.2, 0) is 24.7 Å². The number of nitrogens with zero attached hydrogens (tertiary/aromatic N) is 6. The summed E-state index contributed by atoms with van der Waals surface area (Å²) in [5.41, 5.74) is 2.91. The van der Waals surface area contributed by atoms with Gasteiger partial charge < -0.3 is 14.4 Å². The molecule has 4 rings (SSSR count). The fourth-order valence-electron chi connectivity index (χ4n) is 4.26. The van der Waals surface area contributed by atoms with Crippen LogP contribution in [0.25, 0.3) is 11.4 Å². The van der Waals surface area contributed by atoms with E-state index in [1.807, 2.05) is 26.1 Å². The minimum Gasteiger partial charge on any atom is -0.489 e. The van der Waals surface area contributed by atoms with Crippen LogP contribution in [0.1, 0.15) is 69.1 Å². The first-order valence-electron chi connectivity index (χ1n) is 11.9. The topological polar surface area (TPSA) is 129 Å². The van der Waals surface area contributed by atoms with Gasteiger partial charge >= 0.3 is 5.97 Å². The van der Waals surface area contributed by atoms with Crippen molar-refractivity contribution < 1.29 is 19.2 Å². The molecule has 10 heteroatoms. The van der Waals surface area contributed by atoms with Gasteiger partial charge in [0.2, 0.25) is 5.89 Å². The number of hydrogen-bond donors (Lipinski definition) is 1. The molecule has 3 aromatic rings. The molecular weight excluding hydrogens is 436 g/mol. The smallest absolute Gasteiger partial charge is 0.306 e. The molecule has 182 valence electrons. The standard InChI is InChI=1S/C24H32N6O4/c1-14(2)8-11-22-26-21(28-34-22)13-19-23(27-29-30(19)4)18-9-10-20(15(3)25-18)33-17-7-5-6-16(12-17)24(31)32/h9-10,14,16-17H,5-8,11-13H2,1-4H3,(H,31,32)/t16-,17-/m0/s1. The zero-order valence-corrected chi connectivity index (χ0v) is 20.2. The van der Waals surface area contributed by atoms with Crippen molar-refractivity contribution in [2.24, 2.45) is 18.9 Å². The predicted octanol–water partition coefficient (Wildman–Crippen LogP) is 3.77. The Labute approximate surface area is 198 Å². The van der Waals surface area contributed by atoms with Gasteiger partial charge in [-0.3, -0.25) is 9.48 Å². The summed E-state index contributed by atoms with van der Waals surface area (Å²) in [6.45, 7) is 6.21. The fourth-order valence-corrected chi connectivity index (χ4v) is 4.26. The van der Waals surface area contributed by atoms with Crippen molar-refractivity contribution in [3.8, 4) is 17.1 Å². The molecular formula is C24H32N6O4. The summed E-state index contributed by atoms with van der Waals surface area (Å²) in [5.74, 6) is 1.38. The Balaban J connectivity index is 1.48. The number of rotatable bonds is 9. The molecule has 0 saturated heterocycles. The van der Waals surface area contributed by atoms with Gasteiger partial charge in [0.15, 0.2) is 5.82 Å². The van der Waals surface area contributed by atoms with Crippen LogP contribution in [0, 0.1) is 18.8 Å². The molecule has 0 radical (unpaired) electrons. The number of aromatic nitrogens is 6. The maximum atomic E-state index is 11.3. The maximum Gasteiger partial charge on any atom is 0.306 e. The highest BCUT2D eigenvalue weighted by molar-refractivity contribution is 5.70. The molecule has 1 saturated carbocycles. The summed E-state index contributed by atoms with van der Waals surface area (Å²) in [5, 5.41) is 22.0. The molecule has 1 aliphatic carbocycles. The number of carboxylic acid groups (broad SMARTS) is 1. The number of aliphatic carboxylic acids is 1. The van der Waals surface area contributed by atoms with E-state index in [-0.39, 0.29) is 12.0 Å². The van der Waals surface area contributed by atoms with E-state index in [4.69, 9.17) is 14.2 Å². The number of carbonyl (C=O) groups is 1. The molecule has 0 bridgehead atoms. The van der Waals surface area contributed by atoms with E-state index in [9.17, 15) is 9.90 Å². The highest BCUT2D eigenvalue weighted by atomic mass is 16.5. The lowest BCUT2D eigenvalue weighted by Crippen LogP contribution is -2.29. The molecule has 34 heavy (non-hydrogen) atoms. The molecule has 0 aromatic carbocycles. The van der Waals surface area contributed by atoms with Crippen LogP contribution < -0.4 is 4.74 Å². The van der Waals surface area contributed by atoms with E-state index in [0.29, 0.717) is 54.0 Å². The van der Waals surface area contributed by atoms with E-state index in [0.717, 1.165) is 37.1 Å². The number of ether oxygens (including phenoxy) is 1. The molecule has 0 unspecified atom stereocenters. The summed E-state index contributed by atoms with van der Waals surface area (Å²) in [4.78, 5) is 20.6. The van der Waals surface area contributed by atoms with Crippen LogP contribution in [0.15, 0.2) is 16.7 Å². The summed E-state index contributed by atoms with van der Waals surface area (Å²) in [7, 11) is 1.83. The Morgan fingerprint density at radius 3 is 2.85 bits per heavy atom. The quantitative estimate of drug-likeness (QED) is 0.499. The average Bonchev–Trinajstić information content (AvgIpc) is 3.41. The van der Waals surface area contributed by atoms with Crippen LogP contribution in [-0.4, -0.2) is 47.3 Å². The van der Waals surface area contributed by atoms with Gasteiger partial charge in [0.05, 0.1) is 35.5 Å². The van der Waals surface area contributed by atoms with Crippen molar-refractivity contribution in [1.29, 1.82) is 0 Å². The Bertz CT molecular complexity index is 1140. The van der Waals surface area contributed by atoms with E-state index < -0.39 is 5.97 Å². The second-order valence-corrected chi connectivity index (χ2v) is 9.44. The molecule has 0 amide bonds. The Morgan fingerprint density at radius 2 is 2.12 bits per heavy atom. The third kappa shape index (κ3) is 5.60. The van der Waals surface area contributed by atoms with Gasteiger partial charge in [-0.15, -0.1) is 5.10 Å². The highest BCUT2D eigenvalue weighted by Crippen LogP contribution is 2.30. The monoisotopic (exact) mass is 468 g/mol. The highest BCUT2D eigenvalue weighted by Gasteiger charge is 2.28. The van der Waals surface area contributed by atoms with Crippen molar-refractivity contribution in [3.05, 3.63) is 35.2 Å². The lowest BCUT2D eigenvalue weighted by molar-refractivity contribution is -0.143. The molecule has 1 N–H and O–H groups in total. The predicted molar refractivity (Wildman–Crippen MR) is 123 cm³/mol. The van der Waals surface area contributed by atoms with Gasteiger partial charge in [0.25, 0.3) is 0 Å². The zero-order valence-electron chi connectivity index (χ0n) is 20.2. The van der Waals surface area contributed by atoms with Crippen LogP contribution in [0.4, 0.5) is 0 Å². The summed E-state index contributed by atoms with van der Waals surface area (Å²) in [6, 6.07) is 3.73. The van der Waals surface area contributed by atoms with Gasteiger partial charge in [-0.05, 0) is 57.1 Å². The number of aryl methyl sites for hydroxylation is 3. The molecule has 10 nitrogen and oxygen atoms in total. The van der Waals surface area contributed by atoms with Crippen molar-refractivity contribution in [3.63, 3.8) is 0 Å². The largest absolute Gasteiger partial charge is 0.489 e. The van der Waals surface area contributed by atoms with Gasteiger partial charge in [-0.2, -0.15) is 4.98 Å². The van der Waals surface area contributed by atoms with Gasteiger partial charge in [-0.25, -0.2) is 4.98 Å². The average molecular weight is 469 g/mol. The maximum absolute atomic E-state index is 11.3. The first-order chi connectivity index (χ1) is 16.3. The first kappa shape index (κ1) is 23.8. The lowest BCUT2D eigenvalue weighted by Gasteiger charge is -2.27. The van der Waals surface area contributed by atoms with Crippen LogP contribution in [0.3, 0.4) is 0 Å². The van der Waals surface area contributed by atoms with Crippen molar-refractivity contribution in [2.45, 2.75) is 71.8 Å². The van der Waals surface area contributed by atoms with E-state index in [1.165, 1.54) is 0 Å². The third-order valence-electron chi connectivity index (χ3n) is 6.26. The van der Waals surface area contributed by atoms with Gasteiger partial charge in [-0.1, -0.05) is 24.2 Å². The van der Waals surface area contributed by atoms with Crippen LogP contribution >= 0.6 is 0 Å². The van der Waals surface area contributed by atoms with Crippen LogP contribution in [0.5, 0.6) is 5.75 Å². The zero-order chi connectivity index (χ0) is 24.2. The number of carboxylic acids is 1. The van der Waals surface area contributed by atoms with E-state index in [2.05, 4.69) is 34.3 Å². The lowest BCUT2D eigenvalue weighted by atomic mass is 9.87. The van der Waals surface area contributed by atoms with Gasteiger partial charge in [0, 0.05) is 13.5 Å². The SMILES string of the molecule is Cc1nc(-c2nnn(C)c2Cc2noc(CCC(C)C)n2)ccc1O[C@H]1CCC[C@H](C(=O)O)C1. The molecule has 2 atom stereocenters. The number of hydrogen-bond acceptors (Lipinski definition) is 8. The number of pyridine rings is 1. The molecule has 1 fully saturated rings. The molecule has 3 heterocycles. The van der Waals surface area contributed by atoms with E-state index >= 15 is 0 Å². The van der Waals surface area contributed by atoms with Crippen molar-refractivity contribution >= 4 is 5.97 Å². The summed E-state index contributed by atoms with van der Waals surface area (Å²) >= 11 is 0.